The molecule has 1 aromatic carbocycles. The van der Waals surface area contributed by atoms with Gasteiger partial charge in [0.15, 0.2) is 0 Å². The summed E-state index contributed by atoms with van der Waals surface area (Å²) in [5.41, 5.74) is 6.18. The van der Waals surface area contributed by atoms with Crippen molar-refractivity contribution in [3.63, 3.8) is 0 Å². The zero-order chi connectivity index (χ0) is 18.9. The van der Waals surface area contributed by atoms with Crippen LogP contribution in [0.3, 0.4) is 0 Å². The standard InChI is InChI=1S/C18H27N5O3/c1-2-20-17(25)15-10-14(22-16(24)11-21-18(19)26)12-23(15)9-8-13-6-4-3-5-7-13/h3-7,14-15H,2,8-12H2,1H3,(H,20,25)(H,22,24)(H3,19,21,26)/t14-,15+/m1/s1. The van der Waals surface area contributed by atoms with Crippen molar-refractivity contribution in [3.8, 4) is 0 Å². The average Bonchev–Trinajstić information content (AvgIpc) is 3.02. The van der Waals surface area contributed by atoms with Crippen molar-refractivity contribution in [2.45, 2.75) is 31.8 Å². The van der Waals surface area contributed by atoms with E-state index in [2.05, 4.69) is 33.0 Å². The van der Waals surface area contributed by atoms with Gasteiger partial charge in [0.25, 0.3) is 0 Å². The number of carbonyl (C=O) groups is 3. The monoisotopic (exact) mass is 361 g/mol. The van der Waals surface area contributed by atoms with E-state index in [0.29, 0.717) is 19.5 Å². The third-order valence-electron chi connectivity index (χ3n) is 4.38. The van der Waals surface area contributed by atoms with E-state index in [9.17, 15) is 14.4 Å². The fourth-order valence-corrected chi connectivity index (χ4v) is 3.18. The van der Waals surface area contributed by atoms with Gasteiger partial charge < -0.3 is 21.7 Å². The van der Waals surface area contributed by atoms with Crippen LogP contribution in [0.2, 0.25) is 0 Å². The molecule has 26 heavy (non-hydrogen) atoms. The van der Waals surface area contributed by atoms with Gasteiger partial charge in [0.2, 0.25) is 11.8 Å². The molecule has 0 radical (unpaired) electrons. The quantitative estimate of drug-likeness (QED) is 0.504. The molecule has 4 amide bonds. The number of benzene rings is 1. The average molecular weight is 361 g/mol. The van der Waals surface area contributed by atoms with Crippen molar-refractivity contribution in [2.24, 2.45) is 5.73 Å². The number of likely N-dealkylation sites (N-methyl/N-ethyl adjacent to an activating group) is 1. The zero-order valence-corrected chi connectivity index (χ0v) is 15.0. The third-order valence-corrected chi connectivity index (χ3v) is 4.38. The molecule has 0 aliphatic carbocycles. The van der Waals surface area contributed by atoms with E-state index in [0.717, 1.165) is 13.0 Å². The predicted molar refractivity (Wildman–Crippen MR) is 98.3 cm³/mol. The van der Waals surface area contributed by atoms with Gasteiger partial charge in [0.1, 0.15) is 0 Å². The van der Waals surface area contributed by atoms with Crippen LogP contribution >= 0.6 is 0 Å². The molecule has 0 spiro atoms. The predicted octanol–water partition coefficient (Wildman–Crippen LogP) is -0.407. The number of likely N-dealkylation sites (tertiary alicyclic amines) is 1. The van der Waals surface area contributed by atoms with Crippen molar-refractivity contribution in [2.75, 3.05) is 26.2 Å². The first-order valence-electron chi connectivity index (χ1n) is 8.88. The molecule has 0 bridgehead atoms. The molecule has 1 aromatic rings. The Kier molecular flexibility index (Phi) is 7.40. The molecule has 1 heterocycles. The SMILES string of the molecule is CCNC(=O)[C@@H]1C[C@@H](NC(=O)CNC(N)=O)CN1CCc1ccccc1. The topological polar surface area (TPSA) is 117 Å². The number of hydrogen-bond acceptors (Lipinski definition) is 4. The summed E-state index contributed by atoms with van der Waals surface area (Å²) >= 11 is 0. The molecular formula is C18H27N5O3. The maximum atomic E-state index is 12.4. The number of carbonyl (C=O) groups excluding carboxylic acids is 3. The second-order valence-electron chi connectivity index (χ2n) is 6.36. The van der Waals surface area contributed by atoms with Crippen molar-refractivity contribution in [3.05, 3.63) is 35.9 Å². The van der Waals surface area contributed by atoms with E-state index < -0.39 is 6.03 Å². The van der Waals surface area contributed by atoms with Gasteiger partial charge in [-0.15, -0.1) is 0 Å². The lowest BCUT2D eigenvalue weighted by molar-refractivity contribution is -0.125. The summed E-state index contributed by atoms with van der Waals surface area (Å²) in [6, 6.07) is 8.94. The summed E-state index contributed by atoms with van der Waals surface area (Å²) in [5, 5.41) is 7.99. The largest absolute Gasteiger partial charge is 0.355 e. The van der Waals surface area contributed by atoms with E-state index in [1.807, 2.05) is 25.1 Å². The molecule has 142 valence electrons. The maximum Gasteiger partial charge on any atom is 0.312 e. The number of nitrogens with zero attached hydrogens (tertiary/aromatic N) is 1. The Morgan fingerprint density at radius 2 is 1.92 bits per heavy atom. The Bertz CT molecular complexity index is 623. The first kappa shape index (κ1) is 19.7. The minimum Gasteiger partial charge on any atom is -0.355 e. The minimum atomic E-state index is -0.740. The number of urea groups is 1. The molecule has 1 saturated heterocycles. The van der Waals surface area contributed by atoms with Gasteiger partial charge in [-0.05, 0) is 25.3 Å². The van der Waals surface area contributed by atoms with Crippen LogP contribution in [0.25, 0.3) is 0 Å². The second-order valence-corrected chi connectivity index (χ2v) is 6.36. The van der Waals surface area contributed by atoms with E-state index in [1.54, 1.807) is 0 Å². The number of amides is 4. The van der Waals surface area contributed by atoms with Gasteiger partial charge in [-0.3, -0.25) is 14.5 Å². The van der Waals surface area contributed by atoms with Crippen molar-refractivity contribution >= 4 is 17.8 Å². The number of rotatable bonds is 8. The lowest BCUT2D eigenvalue weighted by atomic mass is 10.1. The Morgan fingerprint density at radius 3 is 2.58 bits per heavy atom. The van der Waals surface area contributed by atoms with E-state index in [-0.39, 0.29) is 30.4 Å². The van der Waals surface area contributed by atoms with Gasteiger partial charge in [0, 0.05) is 25.7 Å². The lowest BCUT2D eigenvalue weighted by Gasteiger charge is -2.23. The molecule has 1 aliphatic rings. The van der Waals surface area contributed by atoms with Gasteiger partial charge in [0.05, 0.1) is 12.6 Å². The Labute approximate surface area is 153 Å². The van der Waals surface area contributed by atoms with Gasteiger partial charge in [-0.2, -0.15) is 0 Å². The van der Waals surface area contributed by atoms with Crippen LogP contribution in [0.15, 0.2) is 30.3 Å². The maximum absolute atomic E-state index is 12.4. The van der Waals surface area contributed by atoms with Crippen molar-refractivity contribution in [1.29, 1.82) is 0 Å². The molecule has 0 aromatic heterocycles. The van der Waals surface area contributed by atoms with Crippen LogP contribution in [0.5, 0.6) is 0 Å². The first-order chi connectivity index (χ1) is 12.5. The summed E-state index contributed by atoms with van der Waals surface area (Å²) in [6.07, 6.45) is 1.38. The second kappa shape index (κ2) is 9.76. The molecule has 2 rings (SSSR count). The van der Waals surface area contributed by atoms with Crippen LogP contribution < -0.4 is 21.7 Å². The molecule has 1 fully saturated rings. The summed E-state index contributed by atoms with van der Waals surface area (Å²) < 4.78 is 0. The fraction of sp³-hybridized carbons (Fsp3) is 0.500. The highest BCUT2D eigenvalue weighted by molar-refractivity contribution is 5.84. The van der Waals surface area contributed by atoms with Crippen LogP contribution in [0.4, 0.5) is 4.79 Å². The Morgan fingerprint density at radius 1 is 1.19 bits per heavy atom. The molecule has 2 atom stereocenters. The zero-order valence-electron chi connectivity index (χ0n) is 15.0. The normalized spacial score (nSPS) is 19.7. The number of hydrogen-bond donors (Lipinski definition) is 4. The summed E-state index contributed by atoms with van der Waals surface area (Å²) in [7, 11) is 0. The Hall–Kier alpha value is -2.61. The molecule has 1 aliphatic heterocycles. The summed E-state index contributed by atoms with van der Waals surface area (Å²) in [5.74, 6) is -0.332. The van der Waals surface area contributed by atoms with Crippen molar-refractivity contribution < 1.29 is 14.4 Å². The number of nitrogens with one attached hydrogen (secondary N) is 3. The molecule has 0 unspecified atom stereocenters. The van der Waals surface area contributed by atoms with E-state index in [1.165, 1.54) is 5.56 Å². The van der Waals surface area contributed by atoms with E-state index >= 15 is 0 Å². The minimum absolute atomic E-state index is 0.0208. The highest BCUT2D eigenvalue weighted by atomic mass is 16.2. The van der Waals surface area contributed by atoms with Crippen LogP contribution in [0, 0.1) is 0 Å². The summed E-state index contributed by atoms with van der Waals surface area (Å²) in [4.78, 5) is 37.1. The molecular weight excluding hydrogens is 334 g/mol. The van der Waals surface area contributed by atoms with Gasteiger partial charge in [-0.1, -0.05) is 30.3 Å². The summed E-state index contributed by atoms with van der Waals surface area (Å²) in [6.45, 7) is 3.62. The smallest absolute Gasteiger partial charge is 0.312 e. The number of primary amides is 1. The van der Waals surface area contributed by atoms with Crippen molar-refractivity contribution in [1.82, 2.24) is 20.9 Å². The fourth-order valence-electron chi connectivity index (χ4n) is 3.18. The van der Waals surface area contributed by atoms with Crippen LogP contribution in [-0.4, -0.2) is 61.0 Å². The van der Waals surface area contributed by atoms with Gasteiger partial charge >= 0.3 is 6.03 Å². The Balaban J connectivity index is 1.93. The highest BCUT2D eigenvalue weighted by Gasteiger charge is 2.36. The highest BCUT2D eigenvalue weighted by Crippen LogP contribution is 2.19. The number of nitrogens with two attached hydrogens (primary N) is 1. The molecule has 0 saturated carbocycles. The molecule has 8 heteroatoms. The lowest BCUT2D eigenvalue weighted by Crippen LogP contribution is -2.44. The van der Waals surface area contributed by atoms with Gasteiger partial charge in [-0.25, -0.2) is 4.79 Å². The van der Waals surface area contributed by atoms with E-state index in [4.69, 9.17) is 5.73 Å². The molecule has 8 nitrogen and oxygen atoms in total. The third kappa shape index (κ3) is 6.03. The van der Waals surface area contributed by atoms with Crippen LogP contribution in [-0.2, 0) is 16.0 Å². The first-order valence-corrected chi connectivity index (χ1v) is 8.88. The van der Waals surface area contributed by atoms with Crippen LogP contribution in [0.1, 0.15) is 18.9 Å². The molecule has 5 N–H and O–H groups in total.